The Balaban J connectivity index is 3.22. The highest BCUT2D eigenvalue weighted by molar-refractivity contribution is 6.76. The predicted octanol–water partition coefficient (Wildman–Crippen LogP) is 5.82. The molecule has 0 aromatic rings. The third-order valence-corrected chi connectivity index (χ3v) is 7.03. The summed E-state index contributed by atoms with van der Waals surface area (Å²) >= 11 is 0. The van der Waals surface area contributed by atoms with E-state index in [1.165, 1.54) is 0 Å². The van der Waals surface area contributed by atoms with Gasteiger partial charge in [0, 0.05) is 15.9 Å². The minimum absolute atomic E-state index is 0.0829. The molecule has 6 heteroatoms. The van der Waals surface area contributed by atoms with Crippen molar-refractivity contribution in [1.82, 2.24) is 0 Å². The summed E-state index contributed by atoms with van der Waals surface area (Å²) in [6.45, 7) is 26.7. The highest BCUT2D eigenvalue weighted by atomic mass is 16.7. The van der Waals surface area contributed by atoms with E-state index in [2.05, 4.69) is 83.1 Å². The molecule has 1 fully saturated rings. The van der Waals surface area contributed by atoms with Crippen molar-refractivity contribution < 1.29 is 13.7 Å². The highest BCUT2D eigenvalue weighted by Gasteiger charge is 2.57. The van der Waals surface area contributed by atoms with E-state index < -0.39 is 0 Å². The van der Waals surface area contributed by atoms with Crippen LogP contribution in [-0.4, -0.2) is 21.4 Å². The first-order valence-electron chi connectivity index (χ1n) is 9.61. The fraction of sp³-hybridized carbons (Fsp3) is 1.00. The van der Waals surface area contributed by atoms with Gasteiger partial charge in [-0.1, -0.05) is 83.1 Å². The average molecular weight is 336 g/mol. The van der Waals surface area contributed by atoms with Gasteiger partial charge in [0.1, 0.15) is 0 Å². The van der Waals surface area contributed by atoms with Gasteiger partial charge in [-0.2, -0.15) is 0 Å². The zero-order chi connectivity index (χ0) is 19.1. The monoisotopic (exact) mass is 336 g/mol. The maximum atomic E-state index is 6.40. The Labute approximate surface area is 152 Å². The van der Waals surface area contributed by atoms with Crippen LogP contribution in [0.4, 0.5) is 0 Å². The van der Waals surface area contributed by atoms with Crippen molar-refractivity contribution in [2.75, 3.05) is 0 Å². The van der Waals surface area contributed by atoms with Gasteiger partial charge >= 0.3 is 21.4 Å². The third-order valence-electron chi connectivity index (χ3n) is 7.03. The van der Waals surface area contributed by atoms with E-state index in [9.17, 15) is 0 Å². The quantitative estimate of drug-likeness (QED) is 0.572. The van der Waals surface area contributed by atoms with Crippen LogP contribution in [0.15, 0.2) is 0 Å². The van der Waals surface area contributed by atoms with Gasteiger partial charge in [0.25, 0.3) is 0 Å². The summed E-state index contributed by atoms with van der Waals surface area (Å²) in [5.74, 6) is 1.35. The molecule has 1 aliphatic rings. The van der Waals surface area contributed by atoms with E-state index in [0.29, 0.717) is 17.8 Å². The van der Waals surface area contributed by atoms with Crippen LogP contribution in [0.25, 0.3) is 0 Å². The molecule has 0 amide bonds. The first kappa shape index (κ1) is 22.1. The molecule has 0 aromatic carbocycles. The van der Waals surface area contributed by atoms with Gasteiger partial charge in [-0.25, -0.2) is 0 Å². The van der Waals surface area contributed by atoms with Gasteiger partial charge in [-0.3, -0.25) is 0 Å². The average Bonchev–Trinajstić information content (AvgIpc) is 2.46. The Kier molecular flexibility index (Phi) is 6.79. The van der Waals surface area contributed by atoms with Crippen LogP contribution >= 0.6 is 0 Å². The van der Waals surface area contributed by atoms with E-state index in [4.69, 9.17) is 13.7 Å². The second kappa shape index (κ2) is 7.36. The normalized spacial score (nSPS) is 18.4. The predicted molar refractivity (Wildman–Crippen MR) is 107 cm³/mol. The number of hydrogen-bond donors (Lipinski definition) is 0. The van der Waals surface area contributed by atoms with Crippen molar-refractivity contribution >= 4 is 21.4 Å². The van der Waals surface area contributed by atoms with E-state index in [1.54, 1.807) is 0 Å². The molecule has 0 N–H and O–H groups in total. The van der Waals surface area contributed by atoms with Crippen molar-refractivity contribution in [3.63, 3.8) is 0 Å². The zero-order valence-corrected chi connectivity index (χ0v) is 18.2. The van der Waals surface area contributed by atoms with Crippen molar-refractivity contribution in [3.8, 4) is 0 Å². The number of hydrogen-bond acceptors (Lipinski definition) is 3. The molecule has 0 saturated carbocycles. The minimum atomic E-state index is -0.266. The Morgan fingerprint density at radius 3 is 0.750 bits per heavy atom. The molecule has 0 aromatic heterocycles. The summed E-state index contributed by atoms with van der Waals surface area (Å²) < 4.78 is 19.2. The van der Waals surface area contributed by atoms with Gasteiger partial charge in [-0.05, 0) is 17.8 Å². The summed E-state index contributed by atoms with van der Waals surface area (Å²) in [4.78, 5) is 0. The van der Waals surface area contributed by atoms with Crippen LogP contribution in [0.5, 0.6) is 0 Å². The molecular weight excluding hydrogens is 297 g/mol. The van der Waals surface area contributed by atoms with E-state index in [0.717, 1.165) is 0 Å². The molecule has 0 atom stereocenters. The van der Waals surface area contributed by atoms with Crippen molar-refractivity contribution in [1.29, 1.82) is 0 Å². The van der Waals surface area contributed by atoms with Gasteiger partial charge < -0.3 is 13.7 Å². The molecule has 138 valence electrons. The minimum Gasteiger partial charge on any atom is -0.452 e. The summed E-state index contributed by atoms with van der Waals surface area (Å²) in [5, 5.41) is -0.249. The van der Waals surface area contributed by atoms with E-state index >= 15 is 0 Å². The highest BCUT2D eigenvalue weighted by Crippen LogP contribution is 2.49. The molecule has 1 aliphatic heterocycles. The standard InChI is InChI=1S/C18H39B3O3/c1-13(2)16(7,8)19-22-20(17(9,10)14(3)4)24-21(23-19)18(11,12)15(5)6/h13-15H,1-12H3. The van der Waals surface area contributed by atoms with Crippen molar-refractivity contribution in [3.05, 3.63) is 0 Å². The Morgan fingerprint density at radius 1 is 0.458 bits per heavy atom. The lowest BCUT2D eigenvalue weighted by molar-refractivity contribution is 0.191. The molecule has 1 rings (SSSR count). The summed E-state index contributed by atoms with van der Waals surface area (Å²) in [7, 11) is -0.799. The fourth-order valence-electron chi connectivity index (χ4n) is 2.30. The maximum Gasteiger partial charge on any atom is 0.435 e. The number of rotatable bonds is 6. The van der Waals surface area contributed by atoms with Crippen LogP contribution in [0.1, 0.15) is 83.1 Å². The topological polar surface area (TPSA) is 27.7 Å². The van der Waals surface area contributed by atoms with Gasteiger partial charge in [0.15, 0.2) is 0 Å². The molecule has 0 aliphatic carbocycles. The maximum absolute atomic E-state index is 6.40. The molecule has 0 bridgehead atoms. The smallest absolute Gasteiger partial charge is 0.435 e. The first-order chi connectivity index (χ1) is 10.6. The van der Waals surface area contributed by atoms with Gasteiger partial charge in [-0.15, -0.1) is 0 Å². The van der Waals surface area contributed by atoms with Gasteiger partial charge in [0.05, 0.1) is 0 Å². The molecule has 0 unspecified atom stereocenters. The van der Waals surface area contributed by atoms with E-state index in [-0.39, 0.29) is 37.3 Å². The SMILES string of the molecule is CC(C)C(C)(C)B1OB(C(C)(C)C(C)C)OB(C(C)(C)C(C)C)O1. The molecule has 0 radical (unpaired) electrons. The molecule has 1 saturated heterocycles. The van der Waals surface area contributed by atoms with Crippen LogP contribution in [0.2, 0.25) is 15.9 Å². The van der Waals surface area contributed by atoms with Crippen molar-refractivity contribution in [2.45, 2.75) is 99.0 Å². The molecule has 24 heavy (non-hydrogen) atoms. The fourth-order valence-corrected chi connectivity index (χ4v) is 2.30. The molecule has 1 heterocycles. The lowest BCUT2D eigenvalue weighted by atomic mass is 9.42. The first-order valence-corrected chi connectivity index (χ1v) is 9.61. The molecular formula is C18H39B3O3. The summed E-state index contributed by atoms with van der Waals surface area (Å²) in [6, 6.07) is 0. The van der Waals surface area contributed by atoms with Gasteiger partial charge in [0.2, 0.25) is 0 Å². The van der Waals surface area contributed by atoms with Crippen LogP contribution < -0.4 is 0 Å². The van der Waals surface area contributed by atoms with Crippen LogP contribution in [0.3, 0.4) is 0 Å². The van der Waals surface area contributed by atoms with Crippen LogP contribution in [-0.2, 0) is 13.7 Å². The lowest BCUT2D eigenvalue weighted by Crippen LogP contribution is -2.60. The zero-order valence-electron chi connectivity index (χ0n) is 18.2. The largest absolute Gasteiger partial charge is 0.452 e. The lowest BCUT2D eigenvalue weighted by Gasteiger charge is -2.49. The molecule has 3 nitrogen and oxygen atoms in total. The summed E-state index contributed by atoms with van der Waals surface area (Å²) in [5.41, 5.74) is 0. The third kappa shape index (κ3) is 4.24. The second-order valence-electron chi connectivity index (χ2n) is 10.3. The second-order valence-corrected chi connectivity index (χ2v) is 10.3. The van der Waals surface area contributed by atoms with E-state index in [1.807, 2.05) is 0 Å². The van der Waals surface area contributed by atoms with Crippen LogP contribution in [0, 0.1) is 17.8 Å². The Hall–Kier alpha value is 0.0748. The molecule has 0 spiro atoms. The van der Waals surface area contributed by atoms with Crippen molar-refractivity contribution in [2.24, 2.45) is 17.8 Å². The Bertz CT molecular complexity index is 352. The summed E-state index contributed by atoms with van der Waals surface area (Å²) in [6.07, 6.45) is 0. The Morgan fingerprint density at radius 2 is 0.625 bits per heavy atom.